The summed E-state index contributed by atoms with van der Waals surface area (Å²) in [5.74, 6) is 0. The summed E-state index contributed by atoms with van der Waals surface area (Å²) < 4.78 is 5.69. The van der Waals surface area contributed by atoms with Crippen molar-refractivity contribution in [2.75, 3.05) is 6.61 Å². The molecule has 1 saturated heterocycles. The minimum absolute atomic E-state index is 0.310. The molecule has 1 atom stereocenters. The molecular formula is C16H28O. The van der Waals surface area contributed by atoms with Crippen molar-refractivity contribution in [1.82, 2.24) is 0 Å². The highest BCUT2D eigenvalue weighted by molar-refractivity contribution is 4.95. The van der Waals surface area contributed by atoms with Gasteiger partial charge in [0.25, 0.3) is 0 Å². The zero-order valence-electron chi connectivity index (χ0n) is 11.3. The predicted molar refractivity (Wildman–Crippen MR) is 73.2 cm³/mol. The Balaban J connectivity index is 1.71. The van der Waals surface area contributed by atoms with Crippen molar-refractivity contribution < 1.29 is 4.74 Å². The van der Waals surface area contributed by atoms with Gasteiger partial charge in [-0.2, -0.15) is 0 Å². The van der Waals surface area contributed by atoms with Crippen molar-refractivity contribution in [2.45, 2.75) is 82.7 Å². The summed E-state index contributed by atoms with van der Waals surface area (Å²) in [7, 11) is 0. The van der Waals surface area contributed by atoms with Gasteiger partial charge in [-0.15, -0.1) is 0 Å². The summed E-state index contributed by atoms with van der Waals surface area (Å²) in [4.78, 5) is 0. The average molecular weight is 236 g/mol. The third-order valence-electron chi connectivity index (χ3n) is 4.24. The Morgan fingerprint density at radius 2 is 1.24 bits per heavy atom. The van der Waals surface area contributed by atoms with Crippen LogP contribution in [-0.2, 0) is 4.74 Å². The molecule has 2 rings (SSSR count). The van der Waals surface area contributed by atoms with E-state index in [2.05, 4.69) is 12.2 Å². The first-order valence-electron chi connectivity index (χ1n) is 7.70. The van der Waals surface area contributed by atoms with Crippen LogP contribution in [0.4, 0.5) is 0 Å². The normalized spacial score (nSPS) is 34.8. The first-order chi connectivity index (χ1) is 8.41. The van der Waals surface area contributed by atoms with Gasteiger partial charge in [0.15, 0.2) is 0 Å². The highest BCUT2D eigenvalue weighted by Gasteiger charge is 2.42. The molecule has 1 nitrogen and oxygen atoms in total. The molecule has 1 aliphatic heterocycles. The minimum atomic E-state index is 0.310. The average Bonchev–Trinajstić information content (AvgIpc) is 3.10. The lowest BCUT2D eigenvalue weighted by molar-refractivity contribution is 0.268. The molecule has 1 spiro atoms. The fourth-order valence-electron chi connectivity index (χ4n) is 2.87. The molecule has 1 aliphatic carbocycles. The molecule has 1 heterocycles. The summed E-state index contributed by atoms with van der Waals surface area (Å²) in [5.41, 5.74) is 0.310. The lowest BCUT2D eigenvalue weighted by atomic mass is 9.96. The zero-order valence-corrected chi connectivity index (χ0v) is 11.3. The molecule has 1 unspecified atom stereocenters. The SMILES string of the molecule is C1=C\CCC2(CCCCCCCCCC/1)CO2. The van der Waals surface area contributed by atoms with E-state index in [0.717, 1.165) is 6.61 Å². The van der Waals surface area contributed by atoms with Crippen LogP contribution in [0, 0.1) is 0 Å². The number of epoxide rings is 1. The van der Waals surface area contributed by atoms with Crippen molar-refractivity contribution in [3.8, 4) is 0 Å². The highest BCUT2D eigenvalue weighted by Crippen LogP contribution is 2.37. The molecule has 0 bridgehead atoms. The Morgan fingerprint density at radius 1 is 0.647 bits per heavy atom. The molecule has 98 valence electrons. The van der Waals surface area contributed by atoms with Crippen LogP contribution in [-0.4, -0.2) is 12.2 Å². The molecule has 0 radical (unpaired) electrons. The van der Waals surface area contributed by atoms with Gasteiger partial charge in [0, 0.05) is 0 Å². The van der Waals surface area contributed by atoms with Crippen LogP contribution >= 0.6 is 0 Å². The molecule has 0 saturated carbocycles. The van der Waals surface area contributed by atoms with Gasteiger partial charge in [-0.25, -0.2) is 0 Å². The molecule has 17 heavy (non-hydrogen) atoms. The van der Waals surface area contributed by atoms with E-state index in [0.29, 0.717) is 5.60 Å². The fourth-order valence-corrected chi connectivity index (χ4v) is 2.87. The van der Waals surface area contributed by atoms with Crippen LogP contribution < -0.4 is 0 Å². The Morgan fingerprint density at radius 3 is 1.94 bits per heavy atom. The Kier molecular flexibility index (Phi) is 5.57. The summed E-state index contributed by atoms with van der Waals surface area (Å²) in [6.45, 7) is 1.03. The van der Waals surface area contributed by atoms with Crippen LogP contribution in [0.1, 0.15) is 77.0 Å². The van der Waals surface area contributed by atoms with E-state index in [9.17, 15) is 0 Å². The highest BCUT2D eigenvalue weighted by atomic mass is 16.6. The van der Waals surface area contributed by atoms with Crippen molar-refractivity contribution in [1.29, 1.82) is 0 Å². The quantitative estimate of drug-likeness (QED) is 0.425. The fraction of sp³-hybridized carbons (Fsp3) is 0.875. The van der Waals surface area contributed by atoms with Crippen molar-refractivity contribution in [3.63, 3.8) is 0 Å². The first-order valence-corrected chi connectivity index (χ1v) is 7.70. The molecule has 0 aromatic heterocycles. The van der Waals surface area contributed by atoms with Crippen LogP contribution in [0.5, 0.6) is 0 Å². The van der Waals surface area contributed by atoms with Crippen LogP contribution in [0.15, 0.2) is 12.2 Å². The van der Waals surface area contributed by atoms with E-state index in [1.165, 1.54) is 77.0 Å². The standard InChI is InChI=1S/C16H28O/c1-2-4-6-8-10-12-14-16(15-17-16)13-11-9-7-5-3-1/h7,9H,1-6,8,10-15H2/b9-7-. The molecule has 0 aromatic rings. The summed E-state index contributed by atoms with van der Waals surface area (Å²) in [6.07, 6.45) is 21.2. The summed E-state index contributed by atoms with van der Waals surface area (Å²) in [5, 5.41) is 0. The minimum Gasteiger partial charge on any atom is -0.370 e. The molecule has 2 aliphatic rings. The van der Waals surface area contributed by atoms with E-state index < -0.39 is 0 Å². The van der Waals surface area contributed by atoms with Crippen molar-refractivity contribution in [3.05, 3.63) is 12.2 Å². The third kappa shape index (κ3) is 5.25. The molecule has 0 amide bonds. The van der Waals surface area contributed by atoms with Gasteiger partial charge in [0.2, 0.25) is 0 Å². The molecular weight excluding hydrogens is 208 g/mol. The van der Waals surface area contributed by atoms with E-state index in [4.69, 9.17) is 4.74 Å². The summed E-state index contributed by atoms with van der Waals surface area (Å²) >= 11 is 0. The molecule has 0 aromatic carbocycles. The van der Waals surface area contributed by atoms with Gasteiger partial charge in [-0.05, 0) is 32.1 Å². The largest absolute Gasteiger partial charge is 0.370 e. The zero-order chi connectivity index (χ0) is 11.8. The van der Waals surface area contributed by atoms with Crippen LogP contribution in [0.3, 0.4) is 0 Å². The van der Waals surface area contributed by atoms with E-state index in [-0.39, 0.29) is 0 Å². The second-order valence-corrected chi connectivity index (χ2v) is 5.85. The maximum absolute atomic E-state index is 5.69. The molecule has 1 heteroatoms. The Hall–Kier alpha value is -0.300. The Labute approximate surface area is 107 Å². The van der Waals surface area contributed by atoms with Gasteiger partial charge in [-0.3, -0.25) is 0 Å². The number of ether oxygens (including phenoxy) is 1. The summed E-state index contributed by atoms with van der Waals surface area (Å²) in [6, 6.07) is 0. The lowest BCUT2D eigenvalue weighted by Gasteiger charge is -2.09. The van der Waals surface area contributed by atoms with E-state index in [1.807, 2.05) is 0 Å². The van der Waals surface area contributed by atoms with Crippen LogP contribution in [0.25, 0.3) is 0 Å². The lowest BCUT2D eigenvalue weighted by Crippen LogP contribution is -2.10. The van der Waals surface area contributed by atoms with E-state index in [1.54, 1.807) is 0 Å². The van der Waals surface area contributed by atoms with Gasteiger partial charge in [-0.1, -0.05) is 57.1 Å². The second-order valence-electron chi connectivity index (χ2n) is 5.85. The van der Waals surface area contributed by atoms with Crippen molar-refractivity contribution >= 4 is 0 Å². The first kappa shape index (κ1) is 13.1. The smallest absolute Gasteiger partial charge is 0.0919 e. The van der Waals surface area contributed by atoms with Gasteiger partial charge < -0.3 is 4.74 Å². The number of rotatable bonds is 0. The number of hydrogen-bond donors (Lipinski definition) is 0. The molecule has 1 fully saturated rings. The number of allylic oxidation sites excluding steroid dienone is 2. The number of hydrogen-bond acceptors (Lipinski definition) is 1. The maximum Gasteiger partial charge on any atom is 0.0919 e. The molecule has 0 N–H and O–H groups in total. The predicted octanol–water partition coefficient (Wildman–Crippen LogP) is 5.01. The monoisotopic (exact) mass is 236 g/mol. The maximum atomic E-state index is 5.69. The van der Waals surface area contributed by atoms with Gasteiger partial charge in [0.05, 0.1) is 12.2 Å². The third-order valence-corrected chi connectivity index (χ3v) is 4.24. The van der Waals surface area contributed by atoms with E-state index >= 15 is 0 Å². The van der Waals surface area contributed by atoms with Gasteiger partial charge >= 0.3 is 0 Å². The Bertz CT molecular complexity index is 228. The van der Waals surface area contributed by atoms with Gasteiger partial charge in [0.1, 0.15) is 0 Å². The van der Waals surface area contributed by atoms with Crippen LogP contribution in [0.2, 0.25) is 0 Å². The van der Waals surface area contributed by atoms with Crippen molar-refractivity contribution in [2.24, 2.45) is 0 Å². The topological polar surface area (TPSA) is 12.5 Å². The second kappa shape index (κ2) is 7.20.